The standard InChI is InChI=1S/C21H18N2OS/c1-14(2)16-8-9-19-17(10-16)11-18(12-22)21(23-19)25-13-20(24)15-6-4-3-5-7-15/h3-11,14H,13H2,1-2H3. The molecule has 0 amide bonds. The molecule has 0 aliphatic carbocycles. The number of hydrogen-bond donors (Lipinski definition) is 0. The van der Waals surface area contributed by atoms with Gasteiger partial charge in [-0.25, -0.2) is 4.98 Å². The molecule has 4 heteroatoms. The molecule has 25 heavy (non-hydrogen) atoms. The van der Waals surface area contributed by atoms with Gasteiger partial charge in [0, 0.05) is 10.9 Å². The monoisotopic (exact) mass is 346 g/mol. The minimum atomic E-state index is 0.0338. The van der Waals surface area contributed by atoms with E-state index in [4.69, 9.17) is 0 Å². The number of pyridine rings is 1. The van der Waals surface area contributed by atoms with E-state index in [2.05, 4.69) is 37.0 Å². The second kappa shape index (κ2) is 7.50. The fourth-order valence-corrected chi connectivity index (χ4v) is 3.43. The third kappa shape index (κ3) is 3.89. The minimum Gasteiger partial charge on any atom is -0.293 e. The van der Waals surface area contributed by atoms with Gasteiger partial charge in [-0.05, 0) is 29.7 Å². The van der Waals surface area contributed by atoms with Gasteiger partial charge in [0.15, 0.2) is 5.78 Å². The summed E-state index contributed by atoms with van der Waals surface area (Å²) in [6, 6.07) is 19.4. The normalized spacial score (nSPS) is 10.8. The molecule has 0 saturated carbocycles. The zero-order chi connectivity index (χ0) is 17.8. The first kappa shape index (κ1) is 17.2. The predicted octanol–water partition coefficient (Wildman–Crippen LogP) is 5.20. The second-order valence-corrected chi connectivity index (χ2v) is 7.10. The summed E-state index contributed by atoms with van der Waals surface area (Å²) in [5, 5.41) is 11.0. The van der Waals surface area contributed by atoms with Crippen LogP contribution in [0.5, 0.6) is 0 Å². The first-order chi connectivity index (χ1) is 12.1. The Kier molecular flexibility index (Phi) is 5.16. The summed E-state index contributed by atoms with van der Waals surface area (Å²) >= 11 is 1.32. The highest BCUT2D eigenvalue weighted by atomic mass is 32.2. The fraction of sp³-hybridized carbons (Fsp3) is 0.190. The maximum atomic E-state index is 12.3. The van der Waals surface area contributed by atoms with E-state index in [1.807, 2.05) is 30.3 Å². The number of benzene rings is 2. The summed E-state index contributed by atoms with van der Waals surface area (Å²) in [6.07, 6.45) is 0. The molecular formula is C21H18N2OS. The molecule has 2 aromatic carbocycles. The van der Waals surface area contributed by atoms with Gasteiger partial charge >= 0.3 is 0 Å². The predicted molar refractivity (Wildman–Crippen MR) is 102 cm³/mol. The first-order valence-corrected chi connectivity index (χ1v) is 9.13. The van der Waals surface area contributed by atoms with Crippen molar-refractivity contribution in [1.29, 1.82) is 5.26 Å². The zero-order valence-corrected chi connectivity index (χ0v) is 15.0. The molecule has 3 aromatic rings. The number of carbonyl (C=O) groups is 1. The number of Topliss-reactive ketones (excluding diaryl/α,β-unsaturated/α-hetero) is 1. The number of nitriles is 1. The zero-order valence-electron chi connectivity index (χ0n) is 14.2. The van der Waals surface area contributed by atoms with Crippen LogP contribution in [-0.4, -0.2) is 16.5 Å². The van der Waals surface area contributed by atoms with E-state index in [-0.39, 0.29) is 11.5 Å². The Labute approximate surface area is 151 Å². The van der Waals surface area contributed by atoms with Crippen LogP contribution in [0.1, 0.15) is 41.3 Å². The van der Waals surface area contributed by atoms with E-state index < -0.39 is 0 Å². The molecule has 0 radical (unpaired) electrons. The highest BCUT2D eigenvalue weighted by Crippen LogP contribution is 2.27. The maximum Gasteiger partial charge on any atom is 0.173 e. The number of carbonyl (C=O) groups excluding carboxylic acids is 1. The number of fused-ring (bicyclic) bond motifs is 1. The van der Waals surface area contributed by atoms with Crippen LogP contribution in [0, 0.1) is 11.3 Å². The van der Waals surface area contributed by atoms with Gasteiger partial charge in [0.25, 0.3) is 0 Å². The third-order valence-corrected chi connectivity index (χ3v) is 5.02. The van der Waals surface area contributed by atoms with E-state index in [0.717, 1.165) is 10.9 Å². The third-order valence-electron chi connectivity index (χ3n) is 4.03. The lowest BCUT2D eigenvalue weighted by Gasteiger charge is -2.09. The second-order valence-electron chi connectivity index (χ2n) is 6.14. The van der Waals surface area contributed by atoms with Crippen LogP contribution in [-0.2, 0) is 0 Å². The highest BCUT2D eigenvalue weighted by molar-refractivity contribution is 8.00. The van der Waals surface area contributed by atoms with Crippen molar-refractivity contribution < 1.29 is 4.79 Å². The van der Waals surface area contributed by atoms with Crippen LogP contribution < -0.4 is 0 Å². The van der Waals surface area contributed by atoms with Crippen LogP contribution in [0.3, 0.4) is 0 Å². The van der Waals surface area contributed by atoms with Crippen LogP contribution in [0.4, 0.5) is 0 Å². The number of thioether (sulfide) groups is 1. The average Bonchev–Trinajstić information content (AvgIpc) is 2.65. The van der Waals surface area contributed by atoms with E-state index >= 15 is 0 Å². The van der Waals surface area contributed by atoms with E-state index in [0.29, 0.717) is 22.1 Å². The van der Waals surface area contributed by atoms with Gasteiger partial charge in [-0.1, -0.05) is 62.0 Å². The largest absolute Gasteiger partial charge is 0.293 e. The van der Waals surface area contributed by atoms with E-state index in [1.54, 1.807) is 12.1 Å². The van der Waals surface area contributed by atoms with Crippen molar-refractivity contribution in [2.75, 3.05) is 5.75 Å². The van der Waals surface area contributed by atoms with Crippen molar-refractivity contribution in [3.8, 4) is 6.07 Å². The van der Waals surface area contributed by atoms with Crippen LogP contribution in [0.25, 0.3) is 10.9 Å². The molecule has 0 fully saturated rings. The highest BCUT2D eigenvalue weighted by Gasteiger charge is 2.12. The smallest absolute Gasteiger partial charge is 0.173 e. The topological polar surface area (TPSA) is 53.8 Å². The van der Waals surface area contributed by atoms with Crippen molar-refractivity contribution in [2.24, 2.45) is 0 Å². The van der Waals surface area contributed by atoms with Gasteiger partial charge in [0.2, 0.25) is 0 Å². The molecule has 0 atom stereocenters. The van der Waals surface area contributed by atoms with Crippen molar-refractivity contribution in [1.82, 2.24) is 4.98 Å². The number of rotatable bonds is 5. The average molecular weight is 346 g/mol. The Morgan fingerprint density at radius 1 is 1.16 bits per heavy atom. The summed E-state index contributed by atoms with van der Waals surface area (Å²) in [6.45, 7) is 4.28. The van der Waals surface area contributed by atoms with Crippen LogP contribution in [0.2, 0.25) is 0 Å². The van der Waals surface area contributed by atoms with Crippen LogP contribution in [0.15, 0.2) is 59.6 Å². The van der Waals surface area contributed by atoms with Crippen molar-refractivity contribution in [3.05, 3.63) is 71.3 Å². The van der Waals surface area contributed by atoms with Crippen LogP contribution >= 0.6 is 11.8 Å². The Bertz CT molecular complexity index is 959. The van der Waals surface area contributed by atoms with Crippen molar-refractivity contribution >= 4 is 28.4 Å². The summed E-state index contributed by atoms with van der Waals surface area (Å²) in [4.78, 5) is 16.9. The van der Waals surface area contributed by atoms with Crippen molar-refractivity contribution in [3.63, 3.8) is 0 Å². The first-order valence-electron chi connectivity index (χ1n) is 8.14. The van der Waals surface area contributed by atoms with E-state index in [9.17, 15) is 10.1 Å². The van der Waals surface area contributed by atoms with Gasteiger partial charge in [0.05, 0.1) is 16.8 Å². The summed E-state index contributed by atoms with van der Waals surface area (Å²) in [5.41, 5.74) is 3.26. The Morgan fingerprint density at radius 3 is 2.60 bits per heavy atom. The SMILES string of the molecule is CC(C)c1ccc2nc(SCC(=O)c3ccccc3)c(C#N)cc2c1. The number of nitrogens with zero attached hydrogens (tertiary/aromatic N) is 2. The molecule has 0 saturated heterocycles. The molecular weight excluding hydrogens is 328 g/mol. The summed E-state index contributed by atoms with van der Waals surface area (Å²) in [7, 11) is 0. The summed E-state index contributed by atoms with van der Waals surface area (Å²) < 4.78 is 0. The quantitative estimate of drug-likeness (QED) is 0.470. The fourth-order valence-electron chi connectivity index (χ4n) is 2.57. The number of aromatic nitrogens is 1. The summed E-state index contributed by atoms with van der Waals surface area (Å²) in [5.74, 6) is 0.723. The minimum absolute atomic E-state index is 0.0338. The van der Waals surface area contributed by atoms with Crippen molar-refractivity contribution in [2.45, 2.75) is 24.8 Å². The molecule has 1 heterocycles. The Balaban J connectivity index is 1.87. The molecule has 0 spiro atoms. The lowest BCUT2D eigenvalue weighted by molar-refractivity contribution is 0.102. The Morgan fingerprint density at radius 2 is 1.92 bits per heavy atom. The van der Waals surface area contributed by atoms with E-state index in [1.165, 1.54) is 17.3 Å². The maximum absolute atomic E-state index is 12.3. The molecule has 0 bridgehead atoms. The molecule has 3 nitrogen and oxygen atoms in total. The molecule has 0 unspecified atom stereocenters. The van der Waals surface area contributed by atoms with Gasteiger partial charge in [0.1, 0.15) is 11.1 Å². The van der Waals surface area contributed by atoms with Gasteiger partial charge in [-0.3, -0.25) is 4.79 Å². The molecule has 124 valence electrons. The lowest BCUT2D eigenvalue weighted by atomic mass is 10.0. The molecule has 0 aliphatic heterocycles. The molecule has 3 rings (SSSR count). The number of ketones is 1. The lowest BCUT2D eigenvalue weighted by Crippen LogP contribution is -2.03. The Hall–Kier alpha value is -2.64. The number of hydrogen-bond acceptors (Lipinski definition) is 4. The van der Waals surface area contributed by atoms with Gasteiger partial charge in [-0.2, -0.15) is 5.26 Å². The molecule has 0 N–H and O–H groups in total. The molecule has 0 aliphatic rings. The van der Waals surface area contributed by atoms with Gasteiger partial charge < -0.3 is 0 Å². The van der Waals surface area contributed by atoms with Gasteiger partial charge in [-0.15, -0.1) is 0 Å². The molecule has 1 aromatic heterocycles.